The zero-order chi connectivity index (χ0) is 26.0. The summed E-state index contributed by atoms with van der Waals surface area (Å²) in [4.78, 5) is 38.7. The number of fused-ring (bicyclic) bond motifs is 1. The minimum Gasteiger partial charge on any atom is -0.511 e. The Hall–Kier alpha value is -4.21. The number of nitrogens with one attached hydrogen (secondary N) is 2. The molecule has 0 aliphatic heterocycles. The van der Waals surface area contributed by atoms with E-state index in [0.717, 1.165) is 17.2 Å². The van der Waals surface area contributed by atoms with Gasteiger partial charge < -0.3 is 20.8 Å². The Labute approximate surface area is 202 Å². The molecule has 1 fully saturated rings. The van der Waals surface area contributed by atoms with Gasteiger partial charge in [0.25, 0.3) is 11.5 Å². The zero-order valence-corrected chi connectivity index (χ0v) is 19.6. The Balaban J connectivity index is 0.000000527. The van der Waals surface area contributed by atoms with Gasteiger partial charge in [0.15, 0.2) is 5.75 Å². The highest BCUT2D eigenvalue weighted by molar-refractivity contribution is 6.01. The van der Waals surface area contributed by atoms with Gasteiger partial charge in [-0.1, -0.05) is 18.7 Å². The number of hydrogen-bond donors (Lipinski definition) is 4. The summed E-state index contributed by atoms with van der Waals surface area (Å²) >= 11 is 0. The van der Waals surface area contributed by atoms with Crippen molar-refractivity contribution in [1.29, 1.82) is 0 Å². The molecule has 1 saturated carbocycles. The number of halogens is 1. The molecule has 1 aliphatic rings. The van der Waals surface area contributed by atoms with Gasteiger partial charge in [0.1, 0.15) is 16.8 Å². The maximum atomic E-state index is 12.8. The summed E-state index contributed by atoms with van der Waals surface area (Å²) in [6, 6.07) is 2.10. The van der Waals surface area contributed by atoms with Gasteiger partial charge in [-0.05, 0) is 55.9 Å². The minimum absolute atomic E-state index is 0.0206. The van der Waals surface area contributed by atoms with Crippen LogP contribution in [0.25, 0.3) is 17.2 Å². The molecule has 0 saturated heterocycles. The molecular weight excluding hydrogens is 455 g/mol. The van der Waals surface area contributed by atoms with Crippen LogP contribution in [-0.4, -0.2) is 45.2 Å². The largest absolute Gasteiger partial charge is 0.511 e. The van der Waals surface area contributed by atoms with Gasteiger partial charge in [0, 0.05) is 25.5 Å². The number of nitrogens with zero attached hydrogens (tertiary/aromatic N) is 2. The molecule has 3 rings (SSSR count). The van der Waals surface area contributed by atoms with Crippen molar-refractivity contribution in [2.24, 2.45) is 0 Å². The predicted octanol–water partition coefficient (Wildman–Crippen LogP) is 3.26. The normalized spacial score (nSPS) is 14.1. The molecule has 1 aliphatic carbocycles. The number of rotatable bonds is 8. The van der Waals surface area contributed by atoms with E-state index in [1.807, 2.05) is 0 Å². The second kappa shape index (κ2) is 12.9. The summed E-state index contributed by atoms with van der Waals surface area (Å²) in [7, 11) is 1.33. The van der Waals surface area contributed by atoms with E-state index < -0.39 is 22.8 Å². The first kappa shape index (κ1) is 27.0. The van der Waals surface area contributed by atoms with Gasteiger partial charge in [-0.2, -0.15) is 0 Å². The first-order chi connectivity index (χ1) is 16.8. The summed E-state index contributed by atoms with van der Waals surface area (Å²) in [6.45, 7) is 5.04. The smallest absolute Gasteiger partial charge is 0.272 e. The summed E-state index contributed by atoms with van der Waals surface area (Å²) < 4.78 is 13.3. The van der Waals surface area contributed by atoms with Gasteiger partial charge in [-0.3, -0.25) is 23.9 Å². The topological polar surface area (TPSA) is 134 Å². The number of aliphatic hydroxyl groups is 1. The molecule has 2 amide bonds. The first-order valence-electron chi connectivity index (χ1n) is 10.9. The van der Waals surface area contributed by atoms with E-state index in [1.54, 1.807) is 12.1 Å². The molecule has 0 radical (unpaired) electrons. The second-order valence-electron chi connectivity index (χ2n) is 7.81. The molecule has 2 aromatic rings. The average Bonchev–Trinajstić information content (AvgIpc) is 2.81. The third kappa shape index (κ3) is 6.89. The number of aromatic nitrogens is 2. The van der Waals surface area contributed by atoms with Gasteiger partial charge in [-0.25, -0.2) is 4.39 Å². The lowest BCUT2D eigenvalue weighted by Crippen LogP contribution is -2.33. The molecule has 2 aromatic heterocycles. The van der Waals surface area contributed by atoms with E-state index in [4.69, 9.17) is 0 Å². The first-order valence-corrected chi connectivity index (χ1v) is 10.9. The number of allylic oxidation sites excluding steroid dienone is 5. The molecule has 0 atom stereocenters. The number of amides is 2. The number of pyridine rings is 2. The SMILES string of the molecule is C=C/C(=C\C=C\F)Cc1cnc2c(O)c(C(=O)NC)c(=O)n(/C=C(/C)O)c2c1.O=CNC1CCC1. The van der Waals surface area contributed by atoms with E-state index in [9.17, 15) is 29.0 Å². The Morgan fingerprint density at radius 3 is 2.60 bits per heavy atom. The Kier molecular flexibility index (Phi) is 9.95. The lowest BCUT2D eigenvalue weighted by molar-refractivity contribution is -0.110. The van der Waals surface area contributed by atoms with Gasteiger partial charge in [0.2, 0.25) is 6.41 Å². The van der Waals surface area contributed by atoms with Crippen LogP contribution in [0.4, 0.5) is 4.39 Å². The van der Waals surface area contributed by atoms with Crippen molar-refractivity contribution in [3.8, 4) is 5.75 Å². The third-order valence-corrected chi connectivity index (χ3v) is 5.31. The maximum Gasteiger partial charge on any atom is 0.272 e. The second-order valence-corrected chi connectivity index (χ2v) is 7.81. The van der Waals surface area contributed by atoms with Crippen LogP contribution in [0.5, 0.6) is 5.75 Å². The highest BCUT2D eigenvalue weighted by Crippen LogP contribution is 2.26. The van der Waals surface area contributed by atoms with Crippen molar-refractivity contribution in [2.45, 2.75) is 38.6 Å². The van der Waals surface area contributed by atoms with E-state index in [2.05, 4.69) is 22.2 Å². The average molecular weight is 485 g/mol. The van der Waals surface area contributed by atoms with Crippen molar-refractivity contribution >= 4 is 29.6 Å². The lowest BCUT2D eigenvalue weighted by atomic mass is 9.94. The van der Waals surface area contributed by atoms with Gasteiger partial charge in [0.05, 0.1) is 11.8 Å². The molecule has 9 nitrogen and oxygen atoms in total. The molecule has 35 heavy (non-hydrogen) atoms. The van der Waals surface area contributed by atoms with Crippen molar-refractivity contribution < 1.29 is 24.2 Å². The molecule has 2 heterocycles. The standard InChI is InChI=1S/C20H20FN3O4.C5H9NO/c1-4-13(6-5-7-21)8-14-9-15-17(23-10-14)18(26)16(19(27)22-3)20(28)24(15)11-12(2)25;7-4-6-5-2-1-3-5/h4-7,9-11,25-26H,1,8H2,2-3H3,(H,22,27);4-5H,1-3H2,(H,6,7)/b7-5+,12-11-,13-6+;. The molecule has 0 aromatic carbocycles. The van der Waals surface area contributed by atoms with Crippen LogP contribution in [0.15, 0.2) is 59.5 Å². The molecule has 4 N–H and O–H groups in total. The molecule has 10 heteroatoms. The number of hydrogen-bond acceptors (Lipinski definition) is 6. The summed E-state index contributed by atoms with van der Waals surface area (Å²) in [5.74, 6) is -1.50. The summed E-state index contributed by atoms with van der Waals surface area (Å²) in [5, 5.41) is 25.1. The maximum absolute atomic E-state index is 12.8. The molecule has 0 unspecified atom stereocenters. The number of aromatic hydroxyl groups is 1. The van der Waals surface area contributed by atoms with E-state index in [0.29, 0.717) is 29.9 Å². The predicted molar refractivity (Wildman–Crippen MR) is 133 cm³/mol. The quantitative estimate of drug-likeness (QED) is 0.258. The molecular formula is C25H29FN4O5. The molecule has 186 valence electrons. The highest BCUT2D eigenvalue weighted by Gasteiger charge is 2.22. The van der Waals surface area contributed by atoms with Gasteiger partial charge in [-0.15, -0.1) is 0 Å². The van der Waals surface area contributed by atoms with Crippen LogP contribution in [0.2, 0.25) is 0 Å². The van der Waals surface area contributed by atoms with Crippen molar-refractivity contribution in [1.82, 2.24) is 20.2 Å². The fourth-order valence-electron chi connectivity index (χ4n) is 3.32. The highest BCUT2D eigenvalue weighted by atomic mass is 19.1. The monoisotopic (exact) mass is 484 g/mol. The minimum atomic E-state index is -0.809. The summed E-state index contributed by atoms with van der Waals surface area (Å²) in [5.41, 5.74) is 0.279. The molecule has 0 bridgehead atoms. The Morgan fingerprint density at radius 1 is 1.40 bits per heavy atom. The Bertz CT molecular complexity index is 1240. The fraction of sp³-hybridized carbons (Fsp3) is 0.280. The fourth-order valence-corrected chi connectivity index (χ4v) is 3.32. The number of carbonyl (C=O) groups excluding carboxylic acids is 2. The summed E-state index contributed by atoms with van der Waals surface area (Å²) in [6.07, 6.45) is 12.1. The van der Waals surface area contributed by atoms with Crippen LogP contribution in [-0.2, 0) is 11.2 Å². The van der Waals surface area contributed by atoms with Crippen LogP contribution in [0.1, 0.15) is 42.1 Å². The third-order valence-electron chi connectivity index (χ3n) is 5.31. The lowest BCUT2D eigenvalue weighted by Gasteiger charge is -2.23. The zero-order valence-electron chi connectivity index (χ0n) is 19.6. The molecule has 0 spiro atoms. The van der Waals surface area contributed by atoms with Crippen molar-refractivity contribution in [3.05, 3.63) is 76.2 Å². The van der Waals surface area contributed by atoms with Crippen LogP contribution in [0.3, 0.4) is 0 Å². The van der Waals surface area contributed by atoms with Crippen molar-refractivity contribution in [3.63, 3.8) is 0 Å². The van der Waals surface area contributed by atoms with Crippen LogP contribution < -0.4 is 16.2 Å². The van der Waals surface area contributed by atoms with Crippen LogP contribution >= 0.6 is 0 Å². The van der Waals surface area contributed by atoms with E-state index in [1.165, 1.54) is 51.6 Å². The van der Waals surface area contributed by atoms with E-state index in [-0.39, 0.29) is 16.8 Å². The number of aliphatic hydroxyl groups excluding tert-OH is 1. The van der Waals surface area contributed by atoms with E-state index >= 15 is 0 Å². The van der Waals surface area contributed by atoms with Gasteiger partial charge >= 0.3 is 0 Å². The van der Waals surface area contributed by atoms with Crippen molar-refractivity contribution in [2.75, 3.05) is 7.05 Å². The Morgan fingerprint density at radius 2 is 2.11 bits per heavy atom. The van der Waals surface area contributed by atoms with Crippen LogP contribution in [0, 0.1) is 0 Å². The number of carbonyl (C=O) groups is 2.